The third-order valence-electron chi connectivity index (χ3n) is 4.47. The summed E-state index contributed by atoms with van der Waals surface area (Å²) in [4.78, 5) is 48.7. The molecule has 10 heteroatoms. The Labute approximate surface area is 170 Å². The lowest BCUT2D eigenvalue weighted by Crippen LogP contribution is -2.46. The van der Waals surface area contributed by atoms with Gasteiger partial charge in [0.2, 0.25) is 11.8 Å². The van der Waals surface area contributed by atoms with E-state index in [2.05, 4.69) is 15.7 Å². The molecule has 4 N–H and O–H groups in total. The summed E-state index contributed by atoms with van der Waals surface area (Å²) in [5.41, 5.74) is -0.377. The third kappa shape index (κ3) is 4.17. The number of H-pyrrole nitrogens is 1. The highest BCUT2D eigenvalue weighted by molar-refractivity contribution is 5.86. The SMILES string of the molecule is CNC(=O)C(Cc1ccc(O)c(-n2[nH]c(=O)n(-c3ccccc3)c2=O)c1)NC(C)=O. The minimum absolute atomic E-state index is 0.0442. The van der Waals surface area contributed by atoms with Crippen LogP contribution in [0.15, 0.2) is 58.1 Å². The minimum Gasteiger partial charge on any atom is -0.506 e. The first kappa shape index (κ1) is 20.6. The minimum atomic E-state index is -0.838. The van der Waals surface area contributed by atoms with Crippen molar-refractivity contribution in [3.05, 3.63) is 75.1 Å². The van der Waals surface area contributed by atoms with Gasteiger partial charge in [0, 0.05) is 20.4 Å². The van der Waals surface area contributed by atoms with Crippen LogP contribution in [0.2, 0.25) is 0 Å². The molecule has 0 spiro atoms. The van der Waals surface area contributed by atoms with Gasteiger partial charge in [-0.25, -0.2) is 19.3 Å². The molecule has 0 saturated carbocycles. The zero-order chi connectivity index (χ0) is 21.8. The Bertz CT molecular complexity index is 1190. The molecule has 156 valence electrons. The van der Waals surface area contributed by atoms with Gasteiger partial charge in [-0.15, -0.1) is 0 Å². The van der Waals surface area contributed by atoms with Gasteiger partial charge >= 0.3 is 11.4 Å². The molecule has 0 aliphatic carbocycles. The van der Waals surface area contributed by atoms with Crippen LogP contribution >= 0.6 is 0 Å². The van der Waals surface area contributed by atoms with E-state index in [0.29, 0.717) is 11.3 Å². The molecule has 0 aliphatic heterocycles. The molecule has 10 nitrogen and oxygen atoms in total. The van der Waals surface area contributed by atoms with Gasteiger partial charge in [-0.2, -0.15) is 4.68 Å². The predicted molar refractivity (Wildman–Crippen MR) is 109 cm³/mol. The van der Waals surface area contributed by atoms with Crippen molar-refractivity contribution >= 4 is 11.8 Å². The van der Waals surface area contributed by atoms with Crippen LogP contribution in [0.1, 0.15) is 12.5 Å². The van der Waals surface area contributed by atoms with Gasteiger partial charge in [-0.05, 0) is 29.8 Å². The van der Waals surface area contributed by atoms with Gasteiger partial charge in [0.05, 0.1) is 5.69 Å². The standard InChI is InChI=1S/C20H21N5O5/c1-12(26)22-15(18(28)21-2)10-13-8-9-17(27)16(11-13)25-20(30)24(19(29)23-25)14-6-4-3-5-7-14/h3-9,11,15,27H,10H2,1-2H3,(H,21,28)(H,22,26)(H,23,29). The van der Waals surface area contributed by atoms with Crippen molar-refractivity contribution < 1.29 is 14.7 Å². The second kappa shape index (κ2) is 8.52. The number of aromatic hydroxyl groups is 1. The van der Waals surface area contributed by atoms with Crippen molar-refractivity contribution in [3.8, 4) is 17.1 Å². The smallest absolute Gasteiger partial charge is 0.356 e. The topological polar surface area (TPSA) is 138 Å². The van der Waals surface area contributed by atoms with Crippen molar-refractivity contribution in [1.29, 1.82) is 0 Å². The number of aromatic nitrogens is 3. The summed E-state index contributed by atoms with van der Waals surface area (Å²) < 4.78 is 1.87. The fourth-order valence-corrected chi connectivity index (χ4v) is 3.09. The second-order valence-electron chi connectivity index (χ2n) is 6.60. The molecule has 1 heterocycles. The number of hydrogen-bond acceptors (Lipinski definition) is 5. The van der Waals surface area contributed by atoms with Gasteiger partial charge < -0.3 is 15.7 Å². The molecule has 3 aromatic rings. The summed E-state index contributed by atoms with van der Waals surface area (Å²) >= 11 is 0. The highest BCUT2D eigenvalue weighted by Crippen LogP contribution is 2.22. The van der Waals surface area contributed by atoms with Gasteiger partial charge in [-0.3, -0.25) is 9.59 Å². The number of aromatic amines is 1. The zero-order valence-corrected chi connectivity index (χ0v) is 16.4. The molecule has 2 amide bonds. The van der Waals surface area contributed by atoms with E-state index in [1.165, 1.54) is 26.1 Å². The van der Waals surface area contributed by atoms with E-state index in [1.807, 2.05) is 0 Å². The fraction of sp³-hybridized carbons (Fsp3) is 0.200. The molecule has 30 heavy (non-hydrogen) atoms. The number of phenolic OH excluding ortho intramolecular Hbond substituents is 1. The molecule has 1 atom stereocenters. The van der Waals surface area contributed by atoms with Crippen LogP contribution in [0, 0.1) is 0 Å². The molecular weight excluding hydrogens is 390 g/mol. The molecule has 0 bridgehead atoms. The van der Waals surface area contributed by atoms with Gasteiger partial charge in [0.15, 0.2) is 0 Å². The molecule has 3 rings (SSSR count). The molecule has 0 radical (unpaired) electrons. The van der Waals surface area contributed by atoms with E-state index < -0.39 is 17.4 Å². The van der Waals surface area contributed by atoms with Crippen molar-refractivity contribution in [2.75, 3.05) is 7.05 Å². The summed E-state index contributed by atoms with van der Waals surface area (Å²) in [5, 5.41) is 17.7. The Hall–Kier alpha value is -4.08. The largest absolute Gasteiger partial charge is 0.506 e. The van der Waals surface area contributed by atoms with Crippen LogP contribution in [0.25, 0.3) is 11.4 Å². The maximum absolute atomic E-state index is 12.8. The maximum Gasteiger partial charge on any atom is 0.356 e. The first-order chi connectivity index (χ1) is 14.3. The van der Waals surface area contributed by atoms with Gasteiger partial charge in [0.1, 0.15) is 17.5 Å². The number of amides is 2. The number of nitrogens with zero attached hydrogens (tertiary/aromatic N) is 2. The van der Waals surface area contributed by atoms with E-state index in [0.717, 1.165) is 9.25 Å². The maximum atomic E-state index is 12.8. The summed E-state index contributed by atoms with van der Waals surface area (Å²) in [5.74, 6) is -0.998. The molecular formula is C20H21N5O5. The fourth-order valence-electron chi connectivity index (χ4n) is 3.09. The van der Waals surface area contributed by atoms with E-state index in [4.69, 9.17) is 0 Å². The molecule has 0 saturated heterocycles. The van der Waals surface area contributed by atoms with Crippen molar-refractivity contribution in [3.63, 3.8) is 0 Å². The molecule has 0 aliphatic rings. The lowest BCUT2D eigenvalue weighted by molar-refractivity contribution is -0.127. The van der Waals surface area contributed by atoms with Gasteiger partial charge in [-0.1, -0.05) is 24.3 Å². The number of para-hydroxylation sites is 1. The van der Waals surface area contributed by atoms with Crippen LogP contribution in [0.5, 0.6) is 5.75 Å². The van der Waals surface area contributed by atoms with E-state index in [1.54, 1.807) is 36.4 Å². The van der Waals surface area contributed by atoms with Crippen LogP contribution in [-0.4, -0.2) is 44.4 Å². The van der Waals surface area contributed by atoms with E-state index in [-0.39, 0.29) is 29.7 Å². The first-order valence-corrected chi connectivity index (χ1v) is 9.12. The lowest BCUT2D eigenvalue weighted by Gasteiger charge is -2.17. The Morgan fingerprint density at radius 2 is 1.83 bits per heavy atom. The lowest BCUT2D eigenvalue weighted by atomic mass is 10.0. The van der Waals surface area contributed by atoms with Crippen molar-refractivity contribution in [2.45, 2.75) is 19.4 Å². The Balaban J connectivity index is 2.03. The molecule has 1 unspecified atom stereocenters. The monoisotopic (exact) mass is 411 g/mol. The quantitative estimate of drug-likeness (QED) is 0.446. The Morgan fingerprint density at radius 3 is 2.47 bits per heavy atom. The molecule has 2 aromatic carbocycles. The Morgan fingerprint density at radius 1 is 1.13 bits per heavy atom. The predicted octanol–water partition coefficient (Wildman–Crippen LogP) is -0.185. The number of likely N-dealkylation sites (N-methyl/N-ethyl adjacent to an activating group) is 1. The average molecular weight is 411 g/mol. The number of benzene rings is 2. The molecule has 0 fully saturated rings. The van der Waals surface area contributed by atoms with Crippen LogP contribution in [0.4, 0.5) is 0 Å². The Kier molecular flexibility index (Phi) is 5.86. The zero-order valence-electron chi connectivity index (χ0n) is 16.4. The third-order valence-corrected chi connectivity index (χ3v) is 4.47. The highest BCUT2D eigenvalue weighted by Gasteiger charge is 2.20. The van der Waals surface area contributed by atoms with Crippen molar-refractivity contribution in [2.24, 2.45) is 0 Å². The van der Waals surface area contributed by atoms with Crippen LogP contribution < -0.4 is 22.0 Å². The summed E-state index contributed by atoms with van der Waals surface area (Å²) in [6.07, 6.45) is 0.116. The number of carbonyl (C=O) groups is 2. The van der Waals surface area contributed by atoms with Crippen LogP contribution in [0.3, 0.4) is 0 Å². The number of nitrogens with one attached hydrogen (secondary N) is 3. The summed E-state index contributed by atoms with van der Waals surface area (Å²) in [6, 6.07) is 11.9. The van der Waals surface area contributed by atoms with Crippen molar-refractivity contribution in [1.82, 2.24) is 25.0 Å². The number of rotatable bonds is 6. The van der Waals surface area contributed by atoms with Crippen LogP contribution in [-0.2, 0) is 16.0 Å². The second-order valence-corrected chi connectivity index (χ2v) is 6.60. The first-order valence-electron chi connectivity index (χ1n) is 9.12. The summed E-state index contributed by atoms with van der Waals surface area (Å²) in [7, 11) is 1.45. The number of carbonyl (C=O) groups excluding carboxylic acids is 2. The normalized spacial score (nSPS) is 11.7. The molecule has 1 aromatic heterocycles. The van der Waals surface area contributed by atoms with E-state index >= 15 is 0 Å². The van der Waals surface area contributed by atoms with E-state index in [9.17, 15) is 24.3 Å². The van der Waals surface area contributed by atoms with Gasteiger partial charge in [0.25, 0.3) is 0 Å². The highest BCUT2D eigenvalue weighted by atomic mass is 16.3. The number of hydrogen-bond donors (Lipinski definition) is 4. The number of phenols is 1. The summed E-state index contributed by atoms with van der Waals surface area (Å²) in [6.45, 7) is 1.30. The average Bonchev–Trinajstić information content (AvgIpc) is 3.02.